The Morgan fingerprint density at radius 1 is 1.23 bits per heavy atom. The Balaban J connectivity index is 1.45. The van der Waals surface area contributed by atoms with Gasteiger partial charge in [0.2, 0.25) is 6.41 Å². The van der Waals surface area contributed by atoms with Gasteiger partial charge in [0.1, 0.15) is 5.82 Å². The van der Waals surface area contributed by atoms with E-state index in [0.717, 1.165) is 13.0 Å². The van der Waals surface area contributed by atoms with E-state index in [1.54, 1.807) is 0 Å². The Bertz CT molecular complexity index is 631. The van der Waals surface area contributed by atoms with Gasteiger partial charge in [0, 0.05) is 12.6 Å². The highest BCUT2D eigenvalue weighted by molar-refractivity contribution is 5.76. The molecule has 0 aliphatic carbocycles. The van der Waals surface area contributed by atoms with Crippen molar-refractivity contribution in [2.75, 3.05) is 45.1 Å². The van der Waals surface area contributed by atoms with Crippen molar-refractivity contribution in [3.05, 3.63) is 29.9 Å². The highest BCUT2D eigenvalue weighted by Gasteiger charge is 2.36. The normalized spacial score (nSPS) is 21.3. The van der Waals surface area contributed by atoms with Crippen LogP contribution in [0.2, 0.25) is 0 Å². The fourth-order valence-corrected chi connectivity index (χ4v) is 4.06. The van der Waals surface area contributed by atoms with Gasteiger partial charge in [-0.1, -0.05) is 6.08 Å². The quantitative estimate of drug-likeness (QED) is 0.793. The molecule has 2 saturated heterocycles. The molecule has 26 heavy (non-hydrogen) atoms. The van der Waals surface area contributed by atoms with Gasteiger partial charge in [0.05, 0.1) is 17.6 Å². The van der Waals surface area contributed by atoms with Gasteiger partial charge in [0.15, 0.2) is 0 Å². The second-order valence-corrected chi connectivity index (χ2v) is 7.68. The molecule has 1 aromatic rings. The average Bonchev–Trinajstić information content (AvgIpc) is 2.65. The SMILES string of the molecule is CN1CCC2(CC1)CCN(CC/C=C\c1ncc(F)cc1NC=O)CC2. The van der Waals surface area contributed by atoms with Crippen LogP contribution in [-0.2, 0) is 4.79 Å². The summed E-state index contributed by atoms with van der Waals surface area (Å²) < 4.78 is 13.2. The zero-order valence-electron chi connectivity index (χ0n) is 15.6. The van der Waals surface area contributed by atoms with Crippen LogP contribution in [-0.4, -0.2) is 61.0 Å². The van der Waals surface area contributed by atoms with Crippen LogP contribution in [0.5, 0.6) is 0 Å². The number of nitrogens with zero attached hydrogens (tertiary/aromatic N) is 3. The Labute approximate surface area is 155 Å². The molecule has 0 unspecified atom stereocenters. The van der Waals surface area contributed by atoms with Crippen molar-refractivity contribution in [2.45, 2.75) is 32.1 Å². The van der Waals surface area contributed by atoms with Crippen molar-refractivity contribution < 1.29 is 9.18 Å². The molecule has 3 heterocycles. The molecular formula is C20H29FN4O. The predicted molar refractivity (Wildman–Crippen MR) is 102 cm³/mol. The first-order chi connectivity index (χ1) is 12.6. The summed E-state index contributed by atoms with van der Waals surface area (Å²) in [5.41, 5.74) is 1.58. The molecule has 1 aromatic heterocycles. The summed E-state index contributed by atoms with van der Waals surface area (Å²) >= 11 is 0. The molecule has 0 atom stereocenters. The van der Waals surface area contributed by atoms with Crippen molar-refractivity contribution in [1.29, 1.82) is 0 Å². The number of nitrogens with one attached hydrogen (secondary N) is 1. The summed E-state index contributed by atoms with van der Waals surface area (Å²) in [5.74, 6) is -0.456. The van der Waals surface area contributed by atoms with E-state index in [1.807, 2.05) is 6.08 Å². The van der Waals surface area contributed by atoms with Crippen LogP contribution in [0.1, 0.15) is 37.8 Å². The molecule has 2 aliphatic heterocycles. The lowest BCUT2D eigenvalue weighted by molar-refractivity contribution is -0.105. The average molecular weight is 360 g/mol. The van der Waals surface area contributed by atoms with Gasteiger partial charge >= 0.3 is 0 Å². The van der Waals surface area contributed by atoms with Crippen LogP contribution in [0.15, 0.2) is 18.3 Å². The third kappa shape index (κ3) is 4.89. The van der Waals surface area contributed by atoms with Gasteiger partial charge in [-0.05, 0) is 76.8 Å². The van der Waals surface area contributed by atoms with Crippen molar-refractivity contribution in [3.8, 4) is 0 Å². The Kier molecular flexibility index (Phi) is 6.38. The van der Waals surface area contributed by atoms with E-state index in [1.165, 1.54) is 64.1 Å². The topological polar surface area (TPSA) is 48.5 Å². The standard InChI is InChI=1S/C20H29FN4O/c1-24-10-5-20(6-11-24)7-12-25(13-8-20)9-3-2-4-18-19(23-16-26)14-17(21)15-22-18/h2,4,14-16H,3,5-13H2,1H3,(H,23,26)/b4-2-. The van der Waals surface area contributed by atoms with E-state index < -0.39 is 5.82 Å². The maximum atomic E-state index is 13.2. The first-order valence-corrected chi connectivity index (χ1v) is 9.53. The number of amides is 1. The van der Waals surface area contributed by atoms with E-state index in [9.17, 15) is 9.18 Å². The smallest absolute Gasteiger partial charge is 0.211 e. The minimum Gasteiger partial charge on any atom is -0.327 e. The number of pyridine rings is 1. The number of piperidine rings is 2. The maximum absolute atomic E-state index is 13.2. The van der Waals surface area contributed by atoms with Crippen molar-refractivity contribution >= 4 is 18.2 Å². The summed E-state index contributed by atoms with van der Waals surface area (Å²) in [6.45, 7) is 5.88. The molecule has 0 bridgehead atoms. The summed E-state index contributed by atoms with van der Waals surface area (Å²) in [7, 11) is 2.22. The largest absolute Gasteiger partial charge is 0.327 e. The number of carbonyl (C=O) groups is 1. The molecule has 2 aliphatic rings. The summed E-state index contributed by atoms with van der Waals surface area (Å²) in [4.78, 5) is 19.7. The Morgan fingerprint density at radius 2 is 1.92 bits per heavy atom. The number of anilines is 1. The highest BCUT2D eigenvalue weighted by atomic mass is 19.1. The first kappa shape index (κ1) is 19.0. The van der Waals surface area contributed by atoms with Gasteiger partial charge in [0.25, 0.3) is 0 Å². The van der Waals surface area contributed by atoms with Gasteiger partial charge in [-0.3, -0.25) is 9.78 Å². The van der Waals surface area contributed by atoms with Crippen LogP contribution in [0.4, 0.5) is 10.1 Å². The van der Waals surface area contributed by atoms with Gasteiger partial charge < -0.3 is 15.1 Å². The summed E-state index contributed by atoms with van der Waals surface area (Å²) in [6, 6.07) is 1.28. The fourth-order valence-electron chi connectivity index (χ4n) is 4.06. The number of hydrogen-bond donors (Lipinski definition) is 1. The summed E-state index contributed by atoms with van der Waals surface area (Å²) in [5, 5.41) is 2.50. The van der Waals surface area contributed by atoms with Crippen LogP contribution in [0.25, 0.3) is 6.08 Å². The van der Waals surface area contributed by atoms with Crippen molar-refractivity contribution in [2.24, 2.45) is 5.41 Å². The van der Waals surface area contributed by atoms with Gasteiger partial charge in [-0.2, -0.15) is 0 Å². The molecule has 1 amide bonds. The predicted octanol–water partition coefficient (Wildman–Crippen LogP) is 3.00. The molecule has 142 valence electrons. The van der Waals surface area contributed by atoms with E-state index in [2.05, 4.69) is 33.2 Å². The number of likely N-dealkylation sites (tertiary alicyclic amines) is 2. The summed E-state index contributed by atoms with van der Waals surface area (Å²) in [6.07, 6.45) is 11.9. The van der Waals surface area contributed by atoms with E-state index >= 15 is 0 Å². The zero-order valence-corrected chi connectivity index (χ0v) is 15.6. The van der Waals surface area contributed by atoms with Gasteiger partial charge in [-0.25, -0.2) is 4.39 Å². The van der Waals surface area contributed by atoms with Crippen LogP contribution < -0.4 is 5.32 Å². The number of carbonyl (C=O) groups excluding carboxylic acids is 1. The Hall–Kier alpha value is -1.79. The Morgan fingerprint density at radius 3 is 2.62 bits per heavy atom. The molecule has 0 radical (unpaired) electrons. The second kappa shape index (κ2) is 8.73. The van der Waals surface area contributed by atoms with Crippen LogP contribution in [0.3, 0.4) is 0 Å². The highest BCUT2D eigenvalue weighted by Crippen LogP contribution is 2.40. The molecule has 6 heteroatoms. The lowest BCUT2D eigenvalue weighted by Crippen LogP contribution is -2.46. The maximum Gasteiger partial charge on any atom is 0.211 e. The van der Waals surface area contributed by atoms with Crippen molar-refractivity contribution in [3.63, 3.8) is 0 Å². The lowest BCUT2D eigenvalue weighted by Gasteiger charge is -2.46. The third-order valence-electron chi connectivity index (χ3n) is 5.95. The molecule has 2 fully saturated rings. The van der Waals surface area contributed by atoms with Crippen LogP contribution >= 0.6 is 0 Å². The van der Waals surface area contributed by atoms with E-state index in [4.69, 9.17) is 0 Å². The zero-order chi connectivity index (χ0) is 18.4. The minimum atomic E-state index is -0.456. The van der Waals surface area contributed by atoms with E-state index in [-0.39, 0.29) is 0 Å². The fraction of sp³-hybridized carbons (Fsp3) is 0.600. The molecular weight excluding hydrogens is 331 g/mol. The monoisotopic (exact) mass is 360 g/mol. The second-order valence-electron chi connectivity index (χ2n) is 7.68. The number of aromatic nitrogens is 1. The first-order valence-electron chi connectivity index (χ1n) is 9.53. The van der Waals surface area contributed by atoms with Crippen molar-refractivity contribution in [1.82, 2.24) is 14.8 Å². The van der Waals surface area contributed by atoms with Gasteiger partial charge in [-0.15, -0.1) is 0 Å². The van der Waals surface area contributed by atoms with Crippen LogP contribution in [0, 0.1) is 11.2 Å². The lowest BCUT2D eigenvalue weighted by atomic mass is 9.71. The molecule has 3 rings (SSSR count). The molecule has 1 spiro atoms. The van der Waals surface area contributed by atoms with E-state index in [0.29, 0.717) is 23.2 Å². The number of hydrogen-bond acceptors (Lipinski definition) is 4. The molecule has 0 saturated carbocycles. The minimum absolute atomic E-state index is 0.401. The molecule has 0 aromatic carbocycles. The number of halogens is 1. The number of rotatable bonds is 6. The third-order valence-corrected chi connectivity index (χ3v) is 5.95. The molecule has 1 N–H and O–H groups in total. The molecule has 5 nitrogen and oxygen atoms in total.